The maximum atomic E-state index is 13.5. The molecule has 4 atom stereocenters. The molecule has 0 bridgehead atoms. The van der Waals surface area contributed by atoms with Gasteiger partial charge in [-0.15, -0.1) is 12.4 Å². The molecule has 1 unspecified atom stereocenters. The molecule has 0 radical (unpaired) electrons. The van der Waals surface area contributed by atoms with Crippen LogP contribution in [0.15, 0.2) is 24.3 Å². The Morgan fingerprint density at radius 3 is 2.72 bits per heavy atom. The highest BCUT2D eigenvalue weighted by Crippen LogP contribution is 2.55. The third-order valence-corrected chi connectivity index (χ3v) is 6.67. The van der Waals surface area contributed by atoms with Crippen LogP contribution in [0.4, 0.5) is 13.2 Å². The minimum absolute atomic E-state index is 0. The van der Waals surface area contributed by atoms with Crippen LogP contribution in [0.5, 0.6) is 0 Å². The van der Waals surface area contributed by atoms with Crippen molar-refractivity contribution in [3.05, 3.63) is 52.3 Å². The topological polar surface area (TPSA) is 61.0 Å². The Morgan fingerprint density at radius 1 is 1.17 bits per heavy atom. The number of hydrogen-bond donors (Lipinski definition) is 2. The fourth-order valence-electron chi connectivity index (χ4n) is 5.54. The first-order valence-corrected chi connectivity index (χ1v) is 9.61. The Balaban J connectivity index is 0.00000205. The molecule has 3 heterocycles. The summed E-state index contributed by atoms with van der Waals surface area (Å²) in [5.41, 5.74) is 2.88. The summed E-state index contributed by atoms with van der Waals surface area (Å²) >= 11 is 0. The summed E-state index contributed by atoms with van der Waals surface area (Å²) in [5.74, 6) is 0.182. The van der Waals surface area contributed by atoms with E-state index in [9.17, 15) is 18.0 Å². The average molecular weight is 427 g/mol. The van der Waals surface area contributed by atoms with Crippen LogP contribution < -0.4 is 5.32 Å². The monoisotopic (exact) mass is 426 g/mol. The van der Waals surface area contributed by atoms with Gasteiger partial charge >= 0.3 is 6.18 Å². The number of H-pyrrole nitrogens is 1. The predicted octanol–water partition coefficient (Wildman–Crippen LogP) is 3.78. The van der Waals surface area contributed by atoms with Gasteiger partial charge in [0.25, 0.3) is 0 Å². The van der Waals surface area contributed by atoms with Crippen LogP contribution in [0.25, 0.3) is 0 Å². The molecule has 1 aromatic carbocycles. The summed E-state index contributed by atoms with van der Waals surface area (Å²) in [6.45, 7) is 2.02. The van der Waals surface area contributed by atoms with Crippen molar-refractivity contribution in [3.8, 4) is 0 Å². The number of nitrogens with one attached hydrogen (secondary N) is 2. The molecule has 2 aromatic rings. The van der Waals surface area contributed by atoms with Crippen LogP contribution in [0.2, 0.25) is 0 Å². The van der Waals surface area contributed by atoms with Crippen LogP contribution in [-0.4, -0.2) is 28.1 Å². The van der Waals surface area contributed by atoms with Gasteiger partial charge in [0.05, 0.1) is 23.0 Å². The van der Waals surface area contributed by atoms with Gasteiger partial charge in [0.2, 0.25) is 6.41 Å². The van der Waals surface area contributed by atoms with E-state index in [0.29, 0.717) is 31.5 Å². The van der Waals surface area contributed by atoms with Gasteiger partial charge in [0, 0.05) is 25.2 Å². The molecule has 2 N–H and O–H groups in total. The Morgan fingerprint density at radius 2 is 1.97 bits per heavy atom. The Labute approximate surface area is 172 Å². The molecule has 1 aliphatic carbocycles. The minimum atomic E-state index is -4.35. The maximum absolute atomic E-state index is 13.5. The van der Waals surface area contributed by atoms with Crippen LogP contribution in [-0.2, 0) is 24.1 Å². The number of hydrogen-bond acceptors (Lipinski definition) is 3. The fraction of sp³-hybridized carbons (Fsp3) is 0.500. The Hall–Kier alpha value is -2.06. The summed E-state index contributed by atoms with van der Waals surface area (Å²) in [4.78, 5) is 13.5. The molecule has 1 saturated carbocycles. The number of rotatable bonds is 3. The first kappa shape index (κ1) is 20.2. The van der Waals surface area contributed by atoms with Crippen molar-refractivity contribution < 1.29 is 18.0 Å². The molecule has 2 fully saturated rings. The van der Waals surface area contributed by atoms with Crippen LogP contribution >= 0.6 is 12.4 Å². The lowest BCUT2D eigenvalue weighted by atomic mass is 9.88. The fourth-order valence-corrected chi connectivity index (χ4v) is 5.54. The van der Waals surface area contributed by atoms with Crippen LogP contribution in [0, 0.1) is 11.8 Å². The van der Waals surface area contributed by atoms with Crippen molar-refractivity contribution in [2.75, 3.05) is 6.54 Å². The number of amides is 1. The molecule has 1 aromatic heterocycles. The van der Waals surface area contributed by atoms with Gasteiger partial charge in [0.1, 0.15) is 0 Å². The zero-order chi connectivity index (χ0) is 19.5. The molecule has 0 spiro atoms. The van der Waals surface area contributed by atoms with E-state index in [4.69, 9.17) is 0 Å². The van der Waals surface area contributed by atoms with E-state index < -0.39 is 11.7 Å². The van der Waals surface area contributed by atoms with Crippen molar-refractivity contribution in [3.63, 3.8) is 0 Å². The van der Waals surface area contributed by atoms with Gasteiger partial charge < -0.3 is 10.2 Å². The highest BCUT2D eigenvalue weighted by Gasteiger charge is 2.50. The number of carbonyl (C=O) groups excluding carboxylic acids is 1. The zero-order valence-electron chi connectivity index (χ0n) is 15.6. The number of benzene rings is 1. The smallest absolute Gasteiger partial charge is 0.336 e. The van der Waals surface area contributed by atoms with E-state index in [1.807, 2.05) is 0 Å². The lowest BCUT2D eigenvalue weighted by Crippen LogP contribution is -2.26. The molecular formula is C20H22ClF3N4O. The van der Waals surface area contributed by atoms with E-state index in [2.05, 4.69) is 15.5 Å². The number of halogens is 4. The van der Waals surface area contributed by atoms with Crippen molar-refractivity contribution in [2.24, 2.45) is 11.8 Å². The predicted molar refractivity (Wildman–Crippen MR) is 102 cm³/mol. The van der Waals surface area contributed by atoms with E-state index in [0.717, 1.165) is 29.9 Å². The molecule has 5 rings (SSSR count). The summed E-state index contributed by atoms with van der Waals surface area (Å²) < 4.78 is 40.4. The van der Waals surface area contributed by atoms with Gasteiger partial charge in [0.15, 0.2) is 0 Å². The van der Waals surface area contributed by atoms with Gasteiger partial charge in [-0.1, -0.05) is 18.2 Å². The second-order valence-corrected chi connectivity index (χ2v) is 8.09. The first-order chi connectivity index (χ1) is 13.5. The number of aromatic amines is 1. The molecule has 156 valence electrons. The second kappa shape index (κ2) is 7.32. The number of carbonyl (C=O) groups is 1. The largest absolute Gasteiger partial charge is 0.416 e. The summed E-state index contributed by atoms with van der Waals surface area (Å²) in [7, 11) is 0. The van der Waals surface area contributed by atoms with E-state index in [1.54, 1.807) is 17.0 Å². The number of likely N-dealkylation sites (tertiary alicyclic amines) is 1. The second-order valence-electron chi connectivity index (χ2n) is 8.09. The van der Waals surface area contributed by atoms with Gasteiger partial charge in [-0.05, 0) is 42.2 Å². The SMILES string of the molecule is Cl.O=CN1C[C@@H]2C[C@@H](c3ccccc3C(F)(F)F)C[C@@H]2C1c1n[nH]c2c1CNC2. The van der Waals surface area contributed by atoms with Crippen molar-refractivity contribution >= 4 is 18.8 Å². The zero-order valence-corrected chi connectivity index (χ0v) is 16.4. The first-order valence-electron chi connectivity index (χ1n) is 9.61. The molecule has 9 heteroatoms. The van der Waals surface area contributed by atoms with Gasteiger partial charge in [-0.3, -0.25) is 9.89 Å². The minimum Gasteiger partial charge on any atom is -0.336 e. The molecule has 3 aliphatic rings. The highest BCUT2D eigenvalue weighted by molar-refractivity contribution is 5.85. The summed E-state index contributed by atoms with van der Waals surface area (Å²) in [6, 6.07) is 5.74. The number of fused-ring (bicyclic) bond motifs is 2. The summed E-state index contributed by atoms with van der Waals surface area (Å²) in [6.07, 6.45) is -2.17. The summed E-state index contributed by atoms with van der Waals surface area (Å²) in [5, 5.41) is 10.8. The Kier molecular flexibility index (Phi) is 5.11. The van der Waals surface area contributed by atoms with Crippen LogP contribution in [0.1, 0.15) is 52.9 Å². The quantitative estimate of drug-likeness (QED) is 0.734. The molecule has 5 nitrogen and oxygen atoms in total. The van der Waals surface area contributed by atoms with Gasteiger partial charge in [-0.25, -0.2) is 0 Å². The molecule has 1 amide bonds. The lowest BCUT2D eigenvalue weighted by Gasteiger charge is -2.25. The van der Waals surface area contributed by atoms with E-state index in [-0.39, 0.29) is 36.2 Å². The molecular weight excluding hydrogens is 405 g/mol. The van der Waals surface area contributed by atoms with E-state index >= 15 is 0 Å². The third kappa shape index (κ3) is 3.22. The number of alkyl halides is 3. The Bertz CT molecular complexity index is 915. The number of aromatic nitrogens is 2. The maximum Gasteiger partial charge on any atom is 0.416 e. The van der Waals surface area contributed by atoms with Crippen LogP contribution in [0.3, 0.4) is 0 Å². The molecule has 1 saturated heterocycles. The average Bonchev–Trinajstić information content (AvgIpc) is 3.41. The highest BCUT2D eigenvalue weighted by atomic mass is 35.5. The standard InChI is InChI=1S/C20H21F3N4O.ClH/c21-20(22,23)16-4-2-1-3-13(16)11-5-12-9-27(10-28)19(14(12)6-11)18-15-7-24-8-17(15)25-26-18;/h1-4,10-12,14,19,24H,5-9H2,(H,25,26);1H/t11-,12+,14+,19?;/m1./s1. The van der Waals surface area contributed by atoms with Crippen molar-refractivity contribution in [1.82, 2.24) is 20.4 Å². The van der Waals surface area contributed by atoms with Crippen molar-refractivity contribution in [1.29, 1.82) is 0 Å². The van der Waals surface area contributed by atoms with Crippen molar-refractivity contribution in [2.45, 2.75) is 44.1 Å². The van der Waals surface area contributed by atoms with Gasteiger partial charge in [-0.2, -0.15) is 18.3 Å². The van der Waals surface area contributed by atoms with E-state index in [1.165, 1.54) is 12.1 Å². The lowest BCUT2D eigenvalue weighted by molar-refractivity contribution is -0.138. The molecule has 2 aliphatic heterocycles. The number of nitrogens with zero attached hydrogens (tertiary/aromatic N) is 2. The third-order valence-electron chi connectivity index (χ3n) is 6.67. The normalized spacial score (nSPS) is 28.2. The molecule has 29 heavy (non-hydrogen) atoms.